The summed E-state index contributed by atoms with van der Waals surface area (Å²) in [6, 6.07) is 13.5. The van der Waals surface area contributed by atoms with Crippen molar-refractivity contribution < 1.29 is 27.8 Å². The number of carboxylic acids is 1. The molecule has 0 bridgehead atoms. The predicted octanol–water partition coefficient (Wildman–Crippen LogP) is 5.09. The average Bonchev–Trinajstić information content (AvgIpc) is 3.30. The molecule has 0 radical (unpaired) electrons. The second-order valence-corrected chi connectivity index (χ2v) is 10.5. The number of halogens is 4. The monoisotopic (exact) mass is 561 g/mol. The van der Waals surface area contributed by atoms with Crippen molar-refractivity contribution in [2.24, 2.45) is 5.41 Å². The molecule has 2 fully saturated rings. The Kier molecular flexibility index (Phi) is 7.30. The number of rotatable bonds is 6. The van der Waals surface area contributed by atoms with Crippen LogP contribution in [-0.4, -0.2) is 52.9 Å². The van der Waals surface area contributed by atoms with Crippen LogP contribution in [0.1, 0.15) is 30.9 Å². The van der Waals surface area contributed by atoms with Crippen molar-refractivity contribution in [2.75, 3.05) is 30.3 Å². The van der Waals surface area contributed by atoms with Gasteiger partial charge in [-0.25, -0.2) is 0 Å². The Bertz CT molecular complexity index is 1360. The highest BCUT2D eigenvalue weighted by molar-refractivity contribution is 6.30. The van der Waals surface area contributed by atoms with E-state index in [1.54, 1.807) is 36.4 Å². The van der Waals surface area contributed by atoms with Gasteiger partial charge in [-0.1, -0.05) is 48.0 Å². The van der Waals surface area contributed by atoms with Gasteiger partial charge in [-0.2, -0.15) is 23.1 Å². The highest BCUT2D eigenvalue weighted by atomic mass is 35.5. The SMILES string of the molecule is Nc1nc(OC(c2ccccc2-c2cccc(Cl)c2)C(F)(F)F)cc(N2CCC3(CC2)CNC(C(=O)O)C3)n1. The van der Waals surface area contributed by atoms with Crippen LogP contribution in [0.15, 0.2) is 54.6 Å². The molecule has 3 aromatic rings. The van der Waals surface area contributed by atoms with Crippen molar-refractivity contribution in [1.82, 2.24) is 15.3 Å². The number of ether oxygens (including phenoxy) is 1. The van der Waals surface area contributed by atoms with Crippen LogP contribution in [0, 0.1) is 5.41 Å². The molecule has 39 heavy (non-hydrogen) atoms. The number of nitrogens with one attached hydrogen (secondary N) is 1. The molecule has 1 spiro atoms. The molecule has 2 aliphatic rings. The quantitative estimate of drug-likeness (QED) is 0.381. The number of piperidine rings is 1. The molecule has 8 nitrogen and oxygen atoms in total. The number of hydrogen-bond donors (Lipinski definition) is 3. The van der Waals surface area contributed by atoms with Crippen LogP contribution in [0.3, 0.4) is 0 Å². The van der Waals surface area contributed by atoms with Gasteiger partial charge < -0.3 is 25.8 Å². The molecule has 2 unspecified atom stereocenters. The molecule has 2 aromatic carbocycles. The van der Waals surface area contributed by atoms with E-state index in [1.165, 1.54) is 18.2 Å². The Morgan fingerprint density at radius 3 is 2.56 bits per heavy atom. The van der Waals surface area contributed by atoms with Gasteiger partial charge in [-0.3, -0.25) is 4.79 Å². The zero-order chi connectivity index (χ0) is 27.8. The number of alkyl halides is 3. The molecular formula is C27H27ClF3N5O3. The second-order valence-electron chi connectivity index (χ2n) is 10.0. The molecule has 3 heterocycles. The third-order valence-electron chi connectivity index (χ3n) is 7.43. The normalized spacial score (nSPS) is 19.7. The summed E-state index contributed by atoms with van der Waals surface area (Å²) in [5.41, 5.74) is 6.52. The lowest BCUT2D eigenvalue weighted by atomic mass is 9.76. The Morgan fingerprint density at radius 2 is 1.90 bits per heavy atom. The van der Waals surface area contributed by atoms with Crippen molar-refractivity contribution in [3.05, 3.63) is 65.2 Å². The molecule has 0 aliphatic carbocycles. The van der Waals surface area contributed by atoms with Crippen molar-refractivity contribution in [2.45, 2.75) is 37.6 Å². The molecule has 2 aliphatic heterocycles. The maximum atomic E-state index is 14.4. The number of nitrogens with two attached hydrogens (primary N) is 1. The lowest BCUT2D eigenvalue weighted by molar-refractivity contribution is -0.198. The molecule has 12 heteroatoms. The maximum Gasteiger partial charge on any atom is 0.429 e. The van der Waals surface area contributed by atoms with Gasteiger partial charge in [0, 0.05) is 36.3 Å². The van der Waals surface area contributed by atoms with Gasteiger partial charge in [0.2, 0.25) is 17.9 Å². The topological polar surface area (TPSA) is 114 Å². The third kappa shape index (κ3) is 5.89. The van der Waals surface area contributed by atoms with Crippen LogP contribution in [0.2, 0.25) is 5.02 Å². The largest absolute Gasteiger partial charge is 0.480 e. The van der Waals surface area contributed by atoms with E-state index in [-0.39, 0.29) is 22.8 Å². The van der Waals surface area contributed by atoms with E-state index in [1.807, 2.05) is 4.90 Å². The average molecular weight is 562 g/mol. The van der Waals surface area contributed by atoms with Crippen LogP contribution in [-0.2, 0) is 4.79 Å². The number of aromatic nitrogens is 2. The van der Waals surface area contributed by atoms with Gasteiger partial charge in [0.25, 0.3) is 0 Å². The lowest BCUT2D eigenvalue weighted by Crippen LogP contribution is -2.41. The summed E-state index contributed by atoms with van der Waals surface area (Å²) >= 11 is 6.10. The van der Waals surface area contributed by atoms with E-state index >= 15 is 0 Å². The minimum Gasteiger partial charge on any atom is -0.480 e. The molecule has 4 N–H and O–H groups in total. The molecule has 5 rings (SSSR count). The first-order valence-electron chi connectivity index (χ1n) is 12.5. The van der Waals surface area contributed by atoms with Gasteiger partial charge in [0.15, 0.2) is 0 Å². The number of benzene rings is 2. The summed E-state index contributed by atoms with van der Waals surface area (Å²) in [4.78, 5) is 21.5. The smallest absolute Gasteiger partial charge is 0.429 e. The molecule has 1 aromatic heterocycles. The van der Waals surface area contributed by atoms with E-state index in [2.05, 4.69) is 15.3 Å². The van der Waals surface area contributed by atoms with Crippen LogP contribution in [0.5, 0.6) is 5.88 Å². The van der Waals surface area contributed by atoms with E-state index in [0.717, 1.165) is 0 Å². The van der Waals surface area contributed by atoms with Crippen LogP contribution in [0.4, 0.5) is 24.9 Å². The van der Waals surface area contributed by atoms with Crippen LogP contribution >= 0.6 is 11.6 Å². The predicted molar refractivity (Wildman–Crippen MR) is 141 cm³/mol. The van der Waals surface area contributed by atoms with Crippen molar-refractivity contribution in [3.63, 3.8) is 0 Å². The van der Waals surface area contributed by atoms with Crippen LogP contribution in [0.25, 0.3) is 11.1 Å². The Labute approximate surface area is 228 Å². The fraction of sp³-hybridized carbons (Fsp3) is 0.370. The van der Waals surface area contributed by atoms with Crippen molar-refractivity contribution in [1.29, 1.82) is 0 Å². The molecular weight excluding hydrogens is 535 g/mol. The summed E-state index contributed by atoms with van der Waals surface area (Å²) in [7, 11) is 0. The van der Waals surface area contributed by atoms with Gasteiger partial charge in [-0.15, -0.1) is 0 Å². The van der Waals surface area contributed by atoms with Crippen molar-refractivity contribution >= 4 is 29.3 Å². The minimum atomic E-state index is -4.76. The second kappa shape index (κ2) is 10.5. The first kappa shape index (κ1) is 27.0. The first-order valence-corrected chi connectivity index (χ1v) is 12.8. The molecule has 2 atom stereocenters. The summed E-state index contributed by atoms with van der Waals surface area (Å²) < 4.78 is 48.7. The zero-order valence-electron chi connectivity index (χ0n) is 20.8. The Morgan fingerprint density at radius 1 is 1.15 bits per heavy atom. The zero-order valence-corrected chi connectivity index (χ0v) is 21.5. The highest BCUT2D eigenvalue weighted by Crippen LogP contribution is 2.43. The maximum absolute atomic E-state index is 14.4. The standard InChI is InChI=1S/C27H27ClF3N5O3/c28-17-5-3-4-16(12-17)18-6-1-2-7-19(18)23(27(29,30)31)39-22-13-21(34-25(32)35-22)36-10-8-26(9-11-36)14-20(24(37)38)33-15-26/h1-7,12-13,20,23,33H,8-11,14-15H2,(H,37,38)(H2,32,34,35). The highest BCUT2D eigenvalue weighted by Gasteiger charge is 2.45. The third-order valence-corrected chi connectivity index (χ3v) is 7.66. The number of nitrogens with zero attached hydrogens (tertiary/aromatic N) is 3. The lowest BCUT2D eigenvalue weighted by Gasteiger charge is -2.39. The van der Waals surface area contributed by atoms with E-state index in [0.29, 0.717) is 60.9 Å². The fourth-order valence-electron chi connectivity index (χ4n) is 5.41. The number of hydrogen-bond acceptors (Lipinski definition) is 7. The Hall–Kier alpha value is -3.57. The number of carbonyl (C=O) groups is 1. The Balaban J connectivity index is 1.39. The minimum absolute atomic E-state index is 0.0902. The summed E-state index contributed by atoms with van der Waals surface area (Å²) in [6.45, 7) is 1.70. The number of aliphatic carboxylic acids is 1. The molecule has 2 saturated heterocycles. The summed E-state index contributed by atoms with van der Waals surface area (Å²) in [5.74, 6) is -1.01. The molecule has 0 saturated carbocycles. The van der Waals surface area contributed by atoms with E-state index in [9.17, 15) is 23.1 Å². The number of anilines is 2. The number of nitrogen functional groups attached to an aromatic ring is 1. The molecule has 206 valence electrons. The van der Waals surface area contributed by atoms with E-state index < -0.39 is 24.3 Å². The van der Waals surface area contributed by atoms with Crippen molar-refractivity contribution in [3.8, 4) is 17.0 Å². The van der Waals surface area contributed by atoms with Gasteiger partial charge in [0.05, 0.1) is 0 Å². The van der Waals surface area contributed by atoms with Gasteiger partial charge in [0.1, 0.15) is 11.9 Å². The van der Waals surface area contributed by atoms with Gasteiger partial charge in [-0.05, 0) is 47.9 Å². The first-order chi connectivity index (χ1) is 18.5. The number of carboxylic acid groups (broad SMARTS) is 1. The van der Waals surface area contributed by atoms with Crippen LogP contribution < -0.4 is 20.7 Å². The summed E-state index contributed by atoms with van der Waals surface area (Å²) in [6.07, 6.45) is -5.13. The molecule has 0 amide bonds. The summed E-state index contributed by atoms with van der Waals surface area (Å²) in [5, 5.41) is 12.8. The van der Waals surface area contributed by atoms with Gasteiger partial charge >= 0.3 is 12.1 Å². The van der Waals surface area contributed by atoms with E-state index in [4.69, 9.17) is 22.1 Å². The fourth-order valence-corrected chi connectivity index (χ4v) is 5.60.